The highest BCUT2D eigenvalue weighted by Gasteiger charge is 2.28. The largest absolute Gasteiger partial charge is 0.380 e. The highest BCUT2D eigenvalue weighted by Crippen LogP contribution is 2.34. The van der Waals surface area contributed by atoms with Gasteiger partial charge in [0.05, 0.1) is 38.9 Å². The average Bonchev–Trinajstić information content (AvgIpc) is 3.58. The lowest BCUT2D eigenvalue weighted by molar-refractivity contribution is 0.0728. The van der Waals surface area contributed by atoms with Gasteiger partial charge < -0.3 is 20.3 Å². The van der Waals surface area contributed by atoms with Gasteiger partial charge in [-0.3, -0.25) is 14.3 Å². The van der Waals surface area contributed by atoms with Crippen LogP contribution in [-0.2, 0) is 4.74 Å². The van der Waals surface area contributed by atoms with Crippen molar-refractivity contribution in [2.75, 3.05) is 32.1 Å². The van der Waals surface area contributed by atoms with Crippen molar-refractivity contribution in [3.05, 3.63) is 53.2 Å². The molecule has 3 aromatic heterocycles. The summed E-state index contributed by atoms with van der Waals surface area (Å²) in [5.41, 5.74) is 4.13. The summed E-state index contributed by atoms with van der Waals surface area (Å²) in [6.45, 7) is 3.37. The van der Waals surface area contributed by atoms with E-state index in [1.54, 1.807) is 17.9 Å². The number of hydrogen-bond donors (Lipinski definition) is 2. The van der Waals surface area contributed by atoms with E-state index in [0.29, 0.717) is 18.0 Å². The number of benzene rings is 1. The number of methoxy groups -OCH3 is 1. The van der Waals surface area contributed by atoms with Gasteiger partial charge in [-0.15, -0.1) is 17.8 Å². The summed E-state index contributed by atoms with van der Waals surface area (Å²) in [6, 6.07) is 11.3. The van der Waals surface area contributed by atoms with E-state index in [0.717, 1.165) is 44.6 Å². The highest BCUT2D eigenvalue weighted by atomic mass is 32.1. The van der Waals surface area contributed by atoms with Crippen LogP contribution in [0.2, 0.25) is 0 Å². The Labute approximate surface area is 206 Å². The maximum Gasteiger partial charge on any atom is 0.327 e. The van der Waals surface area contributed by atoms with Crippen LogP contribution in [0.4, 0.5) is 16.2 Å². The number of ether oxygens (including phenoxy) is 1. The minimum atomic E-state index is -0.252. The van der Waals surface area contributed by atoms with E-state index >= 15 is 0 Å². The number of terminal acetylenes is 1. The van der Waals surface area contributed by atoms with Gasteiger partial charge in [0, 0.05) is 43.2 Å². The number of rotatable bonds is 5. The fraction of sp³-hybridized carbons (Fsp3) is 0.269. The van der Waals surface area contributed by atoms with Crippen molar-refractivity contribution in [2.24, 2.45) is 0 Å². The smallest absolute Gasteiger partial charge is 0.327 e. The van der Waals surface area contributed by atoms with Crippen LogP contribution in [0.3, 0.4) is 0 Å². The lowest BCUT2D eigenvalue weighted by Crippen LogP contribution is -2.29. The molecule has 1 atom stereocenters. The molecule has 35 heavy (non-hydrogen) atoms. The van der Waals surface area contributed by atoms with Crippen LogP contribution in [0.25, 0.3) is 21.1 Å². The van der Waals surface area contributed by atoms with Gasteiger partial charge in [-0.05, 0) is 49.7 Å². The first-order valence-corrected chi connectivity index (χ1v) is 12.1. The first kappa shape index (κ1) is 22.9. The molecule has 1 unspecified atom stereocenters. The number of nitrogens with zero attached hydrogens (tertiary/aromatic N) is 3. The Morgan fingerprint density at radius 1 is 1.29 bits per heavy atom. The lowest BCUT2D eigenvalue weighted by Gasteiger charge is -2.14. The van der Waals surface area contributed by atoms with Gasteiger partial charge in [0.25, 0.3) is 5.91 Å². The number of hydrogen-bond acceptors (Lipinski definition) is 6. The number of likely N-dealkylation sites (tertiary alicyclic amines) is 1. The van der Waals surface area contributed by atoms with Gasteiger partial charge in [0.2, 0.25) is 0 Å². The third-order valence-corrected chi connectivity index (χ3v) is 7.34. The van der Waals surface area contributed by atoms with E-state index in [9.17, 15) is 9.59 Å². The summed E-state index contributed by atoms with van der Waals surface area (Å²) in [5, 5.41) is 7.09. The van der Waals surface area contributed by atoms with Crippen molar-refractivity contribution in [1.82, 2.24) is 19.8 Å². The summed E-state index contributed by atoms with van der Waals surface area (Å²) in [4.78, 5) is 32.5. The second-order valence-electron chi connectivity index (χ2n) is 8.46. The second-order valence-corrected chi connectivity index (χ2v) is 9.52. The molecule has 5 rings (SSSR count). The minimum absolute atomic E-state index is 0.0137. The number of aromatic nitrogens is 2. The van der Waals surface area contributed by atoms with Crippen molar-refractivity contribution >= 4 is 55.8 Å². The van der Waals surface area contributed by atoms with E-state index in [1.165, 1.54) is 11.3 Å². The molecule has 0 saturated carbocycles. The van der Waals surface area contributed by atoms with Gasteiger partial charge in [-0.25, -0.2) is 4.79 Å². The van der Waals surface area contributed by atoms with Crippen LogP contribution in [0, 0.1) is 19.3 Å². The monoisotopic (exact) mass is 487 g/mol. The first-order valence-electron chi connectivity index (χ1n) is 11.3. The summed E-state index contributed by atoms with van der Waals surface area (Å²) in [7, 11) is 1.68. The van der Waals surface area contributed by atoms with Crippen LogP contribution < -0.4 is 10.6 Å². The molecule has 1 aliphatic heterocycles. The van der Waals surface area contributed by atoms with E-state index in [2.05, 4.69) is 21.5 Å². The number of pyridine rings is 1. The summed E-state index contributed by atoms with van der Waals surface area (Å²) >= 11 is 1.44. The number of fused-ring (bicyclic) bond motifs is 2. The molecule has 0 aliphatic carbocycles. The zero-order valence-corrected chi connectivity index (χ0v) is 20.3. The Bertz CT molecular complexity index is 1480. The normalized spacial score (nSPS) is 15.5. The molecule has 2 N–H and O–H groups in total. The number of carbonyl (C=O) groups excluding carboxylic acids is 2. The molecule has 0 bridgehead atoms. The van der Waals surface area contributed by atoms with E-state index in [1.807, 2.05) is 48.2 Å². The molecule has 4 aromatic rings. The Kier molecular flexibility index (Phi) is 6.16. The van der Waals surface area contributed by atoms with Crippen molar-refractivity contribution in [3.8, 4) is 12.3 Å². The standard InChI is InChI=1S/C26H25N5O3S/c1-4-9-28-26(33)31-16(2)12-17-13-18(5-6-22(17)31)29-20-7-10-27-21-14-23(35-24(20)21)25(32)30-11-8-19(15-30)34-3/h1,5-7,10,12-14,19H,8-9,11,15H2,2-3H3,(H,27,29)(H,28,33). The molecule has 1 aliphatic rings. The van der Waals surface area contributed by atoms with E-state index in [4.69, 9.17) is 11.2 Å². The molecule has 1 fully saturated rings. The molecular weight excluding hydrogens is 462 g/mol. The van der Waals surface area contributed by atoms with Gasteiger partial charge in [0.1, 0.15) is 0 Å². The second kappa shape index (κ2) is 9.41. The molecule has 0 spiro atoms. The van der Waals surface area contributed by atoms with Gasteiger partial charge in [-0.1, -0.05) is 5.92 Å². The van der Waals surface area contributed by atoms with Gasteiger partial charge in [0.15, 0.2) is 0 Å². The molecule has 1 aromatic carbocycles. The molecule has 178 valence electrons. The number of aryl methyl sites for hydroxylation is 1. The Morgan fingerprint density at radius 3 is 2.91 bits per heavy atom. The maximum absolute atomic E-state index is 13.0. The molecule has 0 radical (unpaired) electrons. The predicted octanol–water partition coefficient (Wildman–Crippen LogP) is 4.35. The quantitative estimate of drug-likeness (QED) is 0.409. The fourth-order valence-corrected chi connectivity index (χ4v) is 5.52. The zero-order chi connectivity index (χ0) is 24.5. The summed E-state index contributed by atoms with van der Waals surface area (Å²) < 4.78 is 7.93. The van der Waals surface area contributed by atoms with Crippen LogP contribution in [-0.4, -0.2) is 59.2 Å². The number of nitrogens with one attached hydrogen (secondary N) is 2. The molecule has 4 heterocycles. The summed E-state index contributed by atoms with van der Waals surface area (Å²) in [5.74, 6) is 2.43. The number of carbonyl (C=O) groups is 2. The van der Waals surface area contributed by atoms with Crippen LogP contribution in [0.1, 0.15) is 21.8 Å². The van der Waals surface area contributed by atoms with Crippen LogP contribution >= 0.6 is 11.3 Å². The van der Waals surface area contributed by atoms with Crippen molar-refractivity contribution in [3.63, 3.8) is 0 Å². The molecule has 2 amide bonds. The SMILES string of the molecule is C#CCNC(=O)n1c(C)cc2cc(Nc3ccnc4cc(C(=O)N5CCC(OC)C5)sc34)ccc21. The predicted molar refractivity (Wildman–Crippen MR) is 139 cm³/mol. The zero-order valence-electron chi connectivity index (χ0n) is 19.5. The third-order valence-electron chi connectivity index (χ3n) is 6.20. The fourth-order valence-electron chi connectivity index (χ4n) is 4.46. The average molecular weight is 488 g/mol. The van der Waals surface area contributed by atoms with Crippen LogP contribution in [0.5, 0.6) is 0 Å². The van der Waals surface area contributed by atoms with Crippen molar-refractivity contribution in [2.45, 2.75) is 19.4 Å². The third kappa shape index (κ3) is 4.34. The van der Waals surface area contributed by atoms with Crippen molar-refractivity contribution < 1.29 is 14.3 Å². The minimum Gasteiger partial charge on any atom is -0.380 e. The Hall–Kier alpha value is -3.87. The summed E-state index contributed by atoms with van der Waals surface area (Å²) in [6.07, 6.45) is 7.95. The highest BCUT2D eigenvalue weighted by molar-refractivity contribution is 7.21. The first-order chi connectivity index (χ1) is 17.0. The molecule has 8 nitrogen and oxygen atoms in total. The van der Waals surface area contributed by atoms with Crippen LogP contribution in [0.15, 0.2) is 42.6 Å². The lowest BCUT2D eigenvalue weighted by atomic mass is 10.2. The van der Waals surface area contributed by atoms with E-state index in [-0.39, 0.29) is 24.6 Å². The number of thiophene rings is 1. The topological polar surface area (TPSA) is 88.5 Å². The van der Waals surface area contributed by atoms with Gasteiger partial charge in [-0.2, -0.15) is 0 Å². The van der Waals surface area contributed by atoms with Crippen molar-refractivity contribution in [1.29, 1.82) is 0 Å². The molecular formula is C26H25N5O3S. The Balaban J connectivity index is 1.41. The number of anilines is 2. The molecule has 1 saturated heterocycles. The van der Waals surface area contributed by atoms with E-state index < -0.39 is 0 Å². The Morgan fingerprint density at radius 2 is 2.14 bits per heavy atom. The number of amides is 2. The maximum atomic E-state index is 13.0. The molecule has 9 heteroatoms. The van der Waals surface area contributed by atoms with Gasteiger partial charge >= 0.3 is 6.03 Å².